The van der Waals surface area contributed by atoms with E-state index in [1.54, 1.807) is 18.2 Å². The second kappa shape index (κ2) is 7.72. The van der Waals surface area contributed by atoms with Crippen molar-refractivity contribution in [1.82, 2.24) is 5.32 Å². The molecule has 5 nitrogen and oxygen atoms in total. The molecule has 1 fully saturated rings. The number of benzene rings is 2. The number of aryl methyl sites for hydroxylation is 1. The second-order valence-electron chi connectivity index (χ2n) is 5.56. The summed E-state index contributed by atoms with van der Waals surface area (Å²) in [6, 6.07) is 14.6. The third-order valence-corrected chi connectivity index (χ3v) is 5.08. The van der Waals surface area contributed by atoms with Crippen molar-refractivity contribution in [2.24, 2.45) is 4.99 Å². The summed E-state index contributed by atoms with van der Waals surface area (Å²) in [6.07, 6.45) is 0.0824. The number of para-hydroxylation sites is 1. The standard InChI is InChI=1S/C18H16ClN3O2S/c1-11-7-8-13(9-14(11)19)21-18-22-17(24)15(25-18)10-16(23)20-12-5-3-2-4-6-12/h2-9,15H,10H2,1H3,(H,20,23)(H,21,22,24). The highest BCUT2D eigenvalue weighted by Crippen LogP contribution is 2.27. The molecule has 1 heterocycles. The van der Waals surface area contributed by atoms with Crippen molar-refractivity contribution < 1.29 is 9.59 Å². The smallest absolute Gasteiger partial charge is 0.240 e. The minimum absolute atomic E-state index is 0.0824. The SMILES string of the molecule is Cc1ccc(N=C2NC(=O)C(CC(=O)Nc3ccccc3)S2)cc1Cl. The molecular formula is C18H16ClN3O2S. The maximum atomic E-state index is 12.1. The molecule has 1 atom stereocenters. The normalized spacial score (nSPS) is 18.2. The van der Waals surface area contributed by atoms with Gasteiger partial charge in [0.2, 0.25) is 11.8 Å². The molecule has 128 valence electrons. The van der Waals surface area contributed by atoms with E-state index in [9.17, 15) is 9.59 Å². The van der Waals surface area contributed by atoms with Crippen LogP contribution < -0.4 is 10.6 Å². The summed E-state index contributed by atoms with van der Waals surface area (Å²) < 4.78 is 0. The lowest BCUT2D eigenvalue weighted by Crippen LogP contribution is -2.28. The van der Waals surface area contributed by atoms with E-state index in [0.717, 1.165) is 5.56 Å². The van der Waals surface area contributed by atoms with E-state index >= 15 is 0 Å². The van der Waals surface area contributed by atoms with Gasteiger partial charge < -0.3 is 10.6 Å². The van der Waals surface area contributed by atoms with Crippen molar-refractivity contribution in [2.45, 2.75) is 18.6 Å². The van der Waals surface area contributed by atoms with Crippen LogP contribution in [0.25, 0.3) is 0 Å². The van der Waals surface area contributed by atoms with E-state index in [2.05, 4.69) is 15.6 Å². The maximum absolute atomic E-state index is 12.1. The summed E-state index contributed by atoms with van der Waals surface area (Å²) in [5.74, 6) is -0.427. The summed E-state index contributed by atoms with van der Waals surface area (Å²) in [5.41, 5.74) is 2.33. The zero-order chi connectivity index (χ0) is 17.8. The minimum atomic E-state index is -0.497. The van der Waals surface area contributed by atoms with E-state index in [-0.39, 0.29) is 18.2 Å². The molecule has 2 aromatic rings. The first-order valence-corrected chi connectivity index (χ1v) is 8.94. The molecule has 0 saturated carbocycles. The molecule has 0 spiro atoms. The lowest BCUT2D eigenvalue weighted by molar-refractivity contribution is -0.122. The molecule has 2 aromatic carbocycles. The fraction of sp³-hybridized carbons (Fsp3) is 0.167. The van der Waals surface area contributed by atoms with Crippen LogP contribution in [0.2, 0.25) is 5.02 Å². The van der Waals surface area contributed by atoms with Crippen LogP contribution in [0.3, 0.4) is 0 Å². The maximum Gasteiger partial charge on any atom is 0.240 e. The zero-order valence-corrected chi connectivity index (χ0v) is 15.0. The van der Waals surface area contributed by atoms with Crippen LogP contribution in [-0.4, -0.2) is 22.2 Å². The summed E-state index contributed by atoms with van der Waals surface area (Å²) in [7, 11) is 0. The Labute approximate surface area is 154 Å². The van der Waals surface area contributed by atoms with Gasteiger partial charge in [-0.15, -0.1) is 0 Å². The lowest BCUT2D eigenvalue weighted by atomic mass is 10.2. The van der Waals surface area contributed by atoms with Crippen LogP contribution in [0.15, 0.2) is 53.5 Å². The predicted molar refractivity (Wildman–Crippen MR) is 102 cm³/mol. The van der Waals surface area contributed by atoms with Gasteiger partial charge in [0.1, 0.15) is 5.25 Å². The second-order valence-corrected chi connectivity index (χ2v) is 7.16. The Balaban J connectivity index is 1.63. The minimum Gasteiger partial charge on any atom is -0.326 e. The number of nitrogens with one attached hydrogen (secondary N) is 2. The molecule has 7 heteroatoms. The molecule has 2 N–H and O–H groups in total. The van der Waals surface area contributed by atoms with Crippen molar-refractivity contribution in [1.29, 1.82) is 0 Å². The third kappa shape index (κ3) is 4.61. The number of amidine groups is 1. The number of rotatable bonds is 4. The predicted octanol–water partition coefficient (Wildman–Crippen LogP) is 3.90. The number of thioether (sulfide) groups is 1. The van der Waals surface area contributed by atoms with E-state index in [4.69, 9.17) is 11.6 Å². The van der Waals surface area contributed by atoms with E-state index in [0.29, 0.717) is 21.6 Å². The summed E-state index contributed by atoms with van der Waals surface area (Å²) in [5, 5.41) is 6.08. The molecule has 1 unspecified atom stereocenters. The summed E-state index contributed by atoms with van der Waals surface area (Å²) in [4.78, 5) is 28.5. The first-order chi connectivity index (χ1) is 12.0. The summed E-state index contributed by atoms with van der Waals surface area (Å²) in [6.45, 7) is 1.91. The topological polar surface area (TPSA) is 70.6 Å². The molecule has 0 aliphatic carbocycles. The van der Waals surface area contributed by atoms with E-state index < -0.39 is 5.25 Å². The van der Waals surface area contributed by atoms with Gasteiger partial charge in [-0.1, -0.05) is 47.6 Å². The van der Waals surface area contributed by atoms with Crippen LogP contribution in [0.1, 0.15) is 12.0 Å². The molecule has 1 aliphatic heterocycles. The van der Waals surface area contributed by atoms with Crippen LogP contribution in [-0.2, 0) is 9.59 Å². The number of halogens is 1. The Morgan fingerprint density at radius 1 is 1.28 bits per heavy atom. The largest absolute Gasteiger partial charge is 0.326 e. The first-order valence-electron chi connectivity index (χ1n) is 7.68. The van der Waals surface area contributed by atoms with Crippen molar-refractivity contribution >= 4 is 51.7 Å². The monoisotopic (exact) mass is 373 g/mol. The molecule has 1 aliphatic rings. The number of nitrogens with zero attached hydrogens (tertiary/aromatic N) is 1. The Bertz CT molecular complexity index is 839. The van der Waals surface area contributed by atoms with Gasteiger partial charge in [-0.05, 0) is 36.8 Å². The Morgan fingerprint density at radius 2 is 2.04 bits per heavy atom. The fourth-order valence-corrected chi connectivity index (χ4v) is 3.43. The van der Waals surface area contributed by atoms with Crippen LogP contribution in [0.4, 0.5) is 11.4 Å². The molecule has 1 saturated heterocycles. The average Bonchev–Trinajstić information content (AvgIpc) is 2.91. The number of amides is 2. The first kappa shape index (κ1) is 17.5. The van der Waals surface area contributed by atoms with Gasteiger partial charge in [0.25, 0.3) is 0 Å². The Hall–Kier alpha value is -2.31. The number of anilines is 1. The van der Waals surface area contributed by atoms with E-state index in [1.807, 2.05) is 37.3 Å². The summed E-state index contributed by atoms with van der Waals surface area (Å²) >= 11 is 7.33. The van der Waals surface area contributed by atoms with Gasteiger partial charge in [0.05, 0.1) is 5.69 Å². The Morgan fingerprint density at radius 3 is 2.76 bits per heavy atom. The van der Waals surface area contributed by atoms with Gasteiger partial charge in [-0.25, -0.2) is 4.99 Å². The fourth-order valence-electron chi connectivity index (χ4n) is 2.26. The van der Waals surface area contributed by atoms with Crippen molar-refractivity contribution in [3.8, 4) is 0 Å². The van der Waals surface area contributed by atoms with E-state index in [1.165, 1.54) is 11.8 Å². The van der Waals surface area contributed by atoms with Gasteiger partial charge in [0.15, 0.2) is 5.17 Å². The number of carbonyl (C=O) groups is 2. The molecule has 3 rings (SSSR count). The van der Waals surface area contributed by atoms with Gasteiger partial charge >= 0.3 is 0 Å². The van der Waals surface area contributed by atoms with Crippen molar-refractivity contribution in [2.75, 3.05) is 5.32 Å². The number of hydrogen-bond acceptors (Lipinski definition) is 4. The lowest BCUT2D eigenvalue weighted by Gasteiger charge is -2.07. The molecule has 2 amide bonds. The van der Waals surface area contributed by atoms with Crippen LogP contribution >= 0.6 is 23.4 Å². The van der Waals surface area contributed by atoms with Crippen molar-refractivity contribution in [3.05, 3.63) is 59.1 Å². The molecule has 25 heavy (non-hydrogen) atoms. The molecule has 0 aromatic heterocycles. The average molecular weight is 374 g/mol. The molecule has 0 radical (unpaired) electrons. The third-order valence-electron chi connectivity index (χ3n) is 3.59. The van der Waals surface area contributed by atoms with Gasteiger partial charge in [0, 0.05) is 17.1 Å². The van der Waals surface area contributed by atoms with Crippen LogP contribution in [0.5, 0.6) is 0 Å². The quantitative estimate of drug-likeness (QED) is 0.853. The van der Waals surface area contributed by atoms with Crippen LogP contribution in [0, 0.1) is 6.92 Å². The highest BCUT2D eigenvalue weighted by molar-refractivity contribution is 8.15. The van der Waals surface area contributed by atoms with Gasteiger partial charge in [-0.2, -0.15) is 0 Å². The highest BCUT2D eigenvalue weighted by Gasteiger charge is 2.32. The van der Waals surface area contributed by atoms with Gasteiger partial charge in [-0.3, -0.25) is 9.59 Å². The zero-order valence-electron chi connectivity index (χ0n) is 13.5. The number of aliphatic imine (C=N–C) groups is 1. The number of hydrogen-bond donors (Lipinski definition) is 2. The molecular weight excluding hydrogens is 358 g/mol. The van der Waals surface area contributed by atoms with Crippen molar-refractivity contribution in [3.63, 3.8) is 0 Å². The highest BCUT2D eigenvalue weighted by atomic mass is 35.5. The number of carbonyl (C=O) groups excluding carboxylic acids is 2. The Kier molecular flexibility index (Phi) is 5.40. The molecule has 0 bridgehead atoms.